The lowest BCUT2D eigenvalue weighted by molar-refractivity contribution is 0.205. The Morgan fingerprint density at radius 1 is 1.33 bits per heavy atom. The van der Waals surface area contributed by atoms with Crippen LogP contribution in [-0.4, -0.2) is 41.0 Å². The van der Waals surface area contributed by atoms with Crippen molar-refractivity contribution in [3.63, 3.8) is 0 Å². The zero-order valence-corrected chi connectivity index (χ0v) is 11.7. The predicted molar refractivity (Wildman–Crippen MR) is 73.6 cm³/mol. The van der Waals surface area contributed by atoms with Crippen LogP contribution in [0.2, 0.25) is 5.15 Å². The van der Waals surface area contributed by atoms with E-state index in [4.69, 9.17) is 11.6 Å². The maximum absolute atomic E-state index is 5.74. The second kappa shape index (κ2) is 7.02. The minimum atomic E-state index is 0.458. The van der Waals surface area contributed by atoms with Crippen molar-refractivity contribution in [1.82, 2.24) is 20.2 Å². The van der Waals surface area contributed by atoms with Crippen LogP contribution in [0.1, 0.15) is 25.5 Å². The molecule has 1 aromatic heterocycles. The number of hydrogen-bond acceptors (Lipinski definition) is 4. The Labute approximate surface area is 114 Å². The van der Waals surface area contributed by atoms with Crippen molar-refractivity contribution in [3.05, 3.63) is 23.2 Å². The van der Waals surface area contributed by atoms with Crippen molar-refractivity contribution in [1.29, 1.82) is 0 Å². The number of nitrogens with zero attached hydrogens (tertiary/aromatic N) is 3. The van der Waals surface area contributed by atoms with Gasteiger partial charge in [0.15, 0.2) is 0 Å². The van der Waals surface area contributed by atoms with Crippen molar-refractivity contribution in [2.45, 2.75) is 26.3 Å². The first-order valence-electron chi connectivity index (χ1n) is 6.67. The molecule has 4 nitrogen and oxygen atoms in total. The molecule has 0 saturated carbocycles. The molecule has 0 amide bonds. The number of aromatic nitrogens is 2. The van der Waals surface area contributed by atoms with E-state index in [1.54, 1.807) is 12.4 Å². The molecule has 0 unspecified atom stereocenters. The van der Waals surface area contributed by atoms with Crippen LogP contribution in [0.15, 0.2) is 12.4 Å². The van der Waals surface area contributed by atoms with E-state index in [0.29, 0.717) is 5.15 Å². The molecule has 5 heteroatoms. The largest absolute Gasteiger partial charge is 0.317 e. The van der Waals surface area contributed by atoms with E-state index in [1.165, 1.54) is 12.8 Å². The van der Waals surface area contributed by atoms with Gasteiger partial charge < -0.3 is 5.32 Å². The second-order valence-corrected chi connectivity index (χ2v) is 5.24. The van der Waals surface area contributed by atoms with Gasteiger partial charge in [-0.3, -0.25) is 9.88 Å². The van der Waals surface area contributed by atoms with Crippen LogP contribution in [0.5, 0.6) is 0 Å². The van der Waals surface area contributed by atoms with Crippen molar-refractivity contribution >= 4 is 11.6 Å². The molecule has 2 heterocycles. The fraction of sp³-hybridized carbons (Fsp3) is 0.692. The van der Waals surface area contributed by atoms with Crippen LogP contribution in [0, 0.1) is 5.92 Å². The summed E-state index contributed by atoms with van der Waals surface area (Å²) in [5.74, 6) is 0.812. The highest BCUT2D eigenvalue weighted by atomic mass is 35.5. The van der Waals surface area contributed by atoms with E-state index in [9.17, 15) is 0 Å². The van der Waals surface area contributed by atoms with Gasteiger partial charge in [0.25, 0.3) is 0 Å². The summed E-state index contributed by atoms with van der Waals surface area (Å²) in [5.41, 5.74) is 0.996. The Morgan fingerprint density at radius 2 is 2.11 bits per heavy atom. The average molecular weight is 269 g/mol. The van der Waals surface area contributed by atoms with Gasteiger partial charge in [-0.1, -0.05) is 18.5 Å². The van der Waals surface area contributed by atoms with Crippen LogP contribution in [-0.2, 0) is 6.54 Å². The highest BCUT2D eigenvalue weighted by molar-refractivity contribution is 6.29. The third-order valence-corrected chi connectivity index (χ3v) is 3.68. The van der Waals surface area contributed by atoms with Gasteiger partial charge in [0.05, 0.1) is 18.1 Å². The minimum Gasteiger partial charge on any atom is -0.317 e. The number of hydrogen-bond donors (Lipinski definition) is 1. The van der Waals surface area contributed by atoms with Gasteiger partial charge in [0.2, 0.25) is 0 Å². The first kappa shape index (κ1) is 13.7. The van der Waals surface area contributed by atoms with Crippen molar-refractivity contribution in [2.75, 3.05) is 26.2 Å². The van der Waals surface area contributed by atoms with Gasteiger partial charge in [0, 0.05) is 13.1 Å². The zero-order chi connectivity index (χ0) is 12.8. The zero-order valence-electron chi connectivity index (χ0n) is 10.9. The third kappa shape index (κ3) is 4.19. The summed E-state index contributed by atoms with van der Waals surface area (Å²) in [6.07, 6.45) is 5.95. The number of nitrogens with one attached hydrogen (secondary N) is 1. The van der Waals surface area contributed by atoms with Gasteiger partial charge in [-0.25, -0.2) is 4.98 Å². The number of halogens is 1. The van der Waals surface area contributed by atoms with E-state index >= 15 is 0 Å². The molecule has 1 saturated heterocycles. The highest BCUT2D eigenvalue weighted by Crippen LogP contribution is 2.14. The van der Waals surface area contributed by atoms with E-state index in [1.807, 2.05) is 0 Å². The summed E-state index contributed by atoms with van der Waals surface area (Å²) in [6.45, 7) is 7.58. The van der Waals surface area contributed by atoms with Crippen LogP contribution < -0.4 is 5.32 Å². The quantitative estimate of drug-likeness (QED) is 0.886. The van der Waals surface area contributed by atoms with Crippen LogP contribution in [0.3, 0.4) is 0 Å². The molecule has 0 bridgehead atoms. The Hall–Kier alpha value is -0.710. The molecule has 0 radical (unpaired) electrons. The van der Waals surface area contributed by atoms with Crippen molar-refractivity contribution in [3.8, 4) is 0 Å². The van der Waals surface area contributed by atoms with Crippen molar-refractivity contribution in [2.24, 2.45) is 5.92 Å². The van der Waals surface area contributed by atoms with Gasteiger partial charge >= 0.3 is 0 Å². The molecular weight excluding hydrogens is 248 g/mol. The summed E-state index contributed by atoms with van der Waals surface area (Å²) in [4.78, 5) is 10.8. The van der Waals surface area contributed by atoms with Gasteiger partial charge in [-0.05, 0) is 38.4 Å². The van der Waals surface area contributed by atoms with E-state index in [0.717, 1.165) is 44.3 Å². The average Bonchev–Trinajstić information content (AvgIpc) is 2.41. The molecular formula is C13H21ClN4. The molecule has 0 aromatic carbocycles. The SMILES string of the molecule is CCN(Cc1cnc(Cl)cn1)CC1CCNCC1. The summed E-state index contributed by atoms with van der Waals surface area (Å²) < 4.78 is 0. The minimum absolute atomic E-state index is 0.458. The topological polar surface area (TPSA) is 41.1 Å². The maximum atomic E-state index is 5.74. The lowest BCUT2D eigenvalue weighted by atomic mass is 9.97. The fourth-order valence-electron chi connectivity index (χ4n) is 2.38. The summed E-state index contributed by atoms with van der Waals surface area (Å²) in [7, 11) is 0. The third-order valence-electron chi connectivity index (χ3n) is 3.48. The van der Waals surface area contributed by atoms with E-state index in [2.05, 4.69) is 27.1 Å². The lowest BCUT2D eigenvalue weighted by Gasteiger charge is -2.29. The number of piperidine rings is 1. The molecule has 18 heavy (non-hydrogen) atoms. The summed E-state index contributed by atoms with van der Waals surface area (Å²) >= 11 is 5.74. The summed E-state index contributed by atoms with van der Waals surface area (Å²) in [5, 5.41) is 3.86. The molecule has 0 aliphatic carbocycles. The molecule has 0 spiro atoms. The van der Waals surface area contributed by atoms with Crippen LogP contribution in [0.4, 0.5) is 0 Å². The van der Waals surface area contributed by atoms with E-state index < -0.39 is 0 Å². The highest BCUT2D eigenvalue weighted by Gasteiger charge is 2.16. The van der Waals surface area contributed by atoms with Gasteiger partial charge in [0.1, 0.15) is 5.15 Å². The Morgan fingerprint density at radius 3 is 2.72 bits per heavy atom. The van der Waals surface area contributed by atoms with Gasteiger partial charge in [-0.15, -0.1) is 0 Å². The maximum Gasteiger partial charge on any atom is 0.147 e. The molecule has 1 N–H and O–H groups in total. The molecule has 1 aliphatic heterocycles. The second-order valence-electron chi connectivity index (χ2n) is 4.85. The van der Waals surface area contributed by atoms with Crippen LogP contribution >= 0.6 is 11.6 Å². The lowest BCUT2D eigenvalue weighted by Crippen LogP contribution is -2.36. The normalized spacial score (nSPS) is 17.3. The molecule has 1 aliphatic rings. The Bertz CT molecular complexity index is 349. The first-order chi connectivity index (χ1) is 8.78. The molecule has 1 aromatic rings. The summed E-state index contributed by atoms with van der Waals surface area (Å²) in [6, 6.07) is 0. The van der Waals surface area contributed by atoms with Crippen LogP contribution in [0.25, 0.3) is 0 Å². The fourth-order valence-corrected chi connectivity index (χ4v) is 2.48. The molecule has 2 rings (SSSR count). The predicted octanol–water partition coefficient (Wildman–Crippen LogP) is 1.95. The number of rotatable bonds is 5. The molecule has 0 atom stereocenters. The van der Waals surface area contributed by atoms with Crippen molar-refractivity contribution < 1.29 is 0 Å². The first-order valence-corrected chi connectivity index (χ1v) is 7.05. The smallest absolute Gasteiger partial charge is 0.147 e. The Kier molecular flexibility index (Phi) is 5.35. The van der Waals surface area contributed by atoms with Gasteiger partial charge in [-0.2, -0.15) is 0 Å². The van der Waals surface area contributed by atoms with E-state index in [-0.39, 0.29) is 0 Å². The standard InChI is InChI=1S/C13H21ClN4/c1-2-18(9-11-3-5-15-6-4-11)10-12-7-17-13(14)8-16-12/h7-8,11,15H,2-6,9-10H2,1H3. The monoisotopic (exact) mass is 268 g/mol. The molecule has 100 valence electrons. The Balaban J connectivity index is 1.86. The molecule has 1 fully saturated rings.